The van der Waals surface area contributed by atoms with Crippen LogP contribution in [0.4, 0.5) is 5.82 Å². The van der Waals surface area contributed by atoms with Crippen LogP contribution in [0, 0.1) is 19.8 Å². The molecule has 0 atom stereocenters. The predicted molar refractivity (Wildman–Crippen MR) is 116 cm³/mol. The lowest BCUT2D eigenvalue weighted by molar-refractivity contribution is -0.138. The third kappa shape index (κ3) is 4.29. The molecule has 1 aromatic heterocycles. The minimum Gasteiger partial charge on any atom is -0.353 e. The molecule has 0 unspecified atom stereocenters. The molecule has 5 heteroatoms. The molecule has 0 spiro atoms. The van der Waals surface area contributed by atoms with E-state index in [1.54, 1.807) is 0 Å². The van der Waals surface area contributed by atoms with Crippen LogP contribution in [0.5, 0.6) is 0 Å². The van der Waals surface area contributed by atoms with Gasteiger partial charge in [-0.2, -0.15) is 0 Å². The number of nitrogens with zero attached hydrogens (tertiary/aromatic N) is 4. The number of anilines is 1. The van der Waals surface area contributed by atoms with Crippen molar-refractivity contribution < 1.29 is 4.79 Å². The number of carbonyl (C=O) groups is 1. The van der Waals surface area contributed by atoms with E-state index in [4.69, 9.17) is 9.97 Å². The Morgan fingerprint density at radius 3 is 2.48 bits per heavy atom. The first-order valence-electron chi connectivity index (χ1n) is 11.0. The fourth-order valence-corrected chi connectivity index (χ4v) is 4.45. The minimum atomic E-state index is 0.284. The van der Waals surface area contributed by atoms with Crippen LogP contribution >= 0.6 is 0 Å². The van der Waals surface area contributed by atoms with E-state index in [-0.39, 0.29) is 5.92 Å². The van der Waals surface area contributed by atoms with Crippen LogP contribution in [0.25, 0.3) is 0 Å². The standard InChI is InChI=1S/C24H32N4O/c1-4-22-21(16-19-8-5-7-17(2)15-19)23(26-18(3)25-22)27-11-13-28(14-12-27)24(29)20-9-6-10-20/h5,7-8,15,20H,4,6,9-14,16H2,1-3H3. The Kier molecular flexibility index (Phi) is 5.84. The van der Waals surface area contributed by atoms with Crippen LogP contribution in [0.3, 0.4) is 0 Å². The molecule has 154 valence electrons. The number of carbonyl (C=O) groups excluding carboxylic acids is 1. The molecule has 1 amide bonds. The van der Waals surface area contributed by atoms with Crippen LogP contribution in [0.1, 0.15) is 54.4 Å². The molecule has 5 nitrogen and oxygen atoms in total. The number of benzene rings is 1. The van der Waals surface area contributed by atoms with Gasteiger partial charge in [-0.3, -0.25) is 4.79 Å². The summed E-state index contributed by atoms with van der Waals surface area (Å²) in [7, 11) is 0. The highest BCUT2D eigenvalue weighted by molar-refractivity contribution is 5.80. The normalized spacial score (nSPS) is 17.3. The van der Waals surface area contributed by atoms with Crippen molar-refractivity contribution in [1.82, 2.24) is 14.9 Å². The zero-order valence-corrected chi connectivity index (χ0v) is 17.9. The zero-order chi connectivity index (χ0) is 20.4. The fourth-order valence-electron chi connectivity index (χ4n) is 4.45. The highest BCUT2D eigenvalue weighted by Crippen LogP contribution is 2.30. The van der Waals surface area contributed by atoms with Gasteiger partial charge in [-0.25, -0.2) is 9.97 Å². The molecule has 0 bridgehead atoms. The first-order valence-corrected chi connectivity index (χ1v) is 11.0. The second-order valence-electron chi connectivity index (χ2n) is 8.48. The van der Waals surface area contributed by atoms with Crippen molar-refractivity contribution in [2.75, 3.05) is 31.1 Å². The maximum atomic E-state index is 12.6. The third-order valence-corrected chi connectivity index (χ3v) is 6.33. The van der Waals surface area contributed by atoms with Gasteiger partial charge in [-0.1, -0.05) is 43.2 Å². The molecule has 1 aliphatic heterocycles. The highest BCUT2D eigenvalue weighted by atomic mass is 16.2. The van der Waals surface area contributed by atoms with Crippen molar-refractivity contribution in [1.29, 1.82) is 0 Å². The smallest absolute Gasteiger partial charge is 0.225 e. The molecule has 1 saturated carbocycles. The number of piperazine rings is 1. The van der Waals surface area contributed by atoms with Gasteiger partial charge in [0.2, 0.25) is 5.91 Å². The molecule has 0 N–H and O–H groups in total. The topological polar surface area (TPSA) is 49.3 Å². The van der Waals surface area contributed by atoms with E-state index in [1.165, 1.54) is 23.1 Å². The van der Waals surface area contributed by atoms with Gasteiger partial charge in [0.15, 0.2) is 0 Å². The summed E-state index contributed by atoms with van der Waals surface area (Å²) in [5, 5.41) is 0. The van der Waals surface area contributed by atoms with Crippen molar-refractivity contribution in [3.05, 3.63) is 52.5 Å². The molecule has 0 radical (unpaired) electrons. The Morgan fingerprint density at radius 2 is 1.86 bits per heavy atom. The largest absolute Gasteiger partial charge is 0.353 e. The summed E-state index contributed by atoms with van der Waals surface area (Å²) >= 11 is 0. The number of rotatable bonds is 5. The fraction of sp³-hybridized carbons (Fsp3) is 0.542. The second-order valence-corrected chi connectivity index (χ2v) is 8.48. The highest BCUT2D eigenvalue weighted by Gasteiger charge is 2.32. The molecule has 4 rings (SSSR count). The van der Waals surface area contributed by atoms with Crippen LogP contribution in [0.15, 0.2) is 24.3 Å². The van der Waals surface area contributed by atoms with Crippen LogP contribution in [-0.2, 0) is 17.6 Å². The van der Waals surface area contributed by atoms with Crippen LogP contribution < -0.4 is 4.90 Å². The lowest BCUT2D eigenvalue weighted by Crippen LogP contribution is -2.51. The summed E-state index contributed by atoms with van der Waals surface area (Å²) < 4.78 is 0. The first-order chi connectivity index (χ1) is 14.0. The maximum Gasteiger partial charge on any atom is 0.225 e. The number of amides is 1. The van der Waals surface area contributed by atoms with Crippen molar-refractivity contribution in [3.8, 4) is 0 Å². The van der Waals surface area contributed by atoms with E-state index in [0.29, 0.717) is 5.91 Å². The Bertz CT molecular complexity index is 882. The van der Waals surface area contributed by atoms with Gasteiger partial charge in [0, 0.05) is 49.8 Å². The molecule has 1 aromatic carbocycles. The summed E-state index contributed by atoms with van der Waals surface area (Å²) in [6.07, 6.45) is 5.10. The second kappa shape index (κ2) is 8.52. The SMILES string of the molecule is CCc1nc(C)nc(N2CCN(C(=O)C3CCC3)CC2)c1Cc1cccc(C)c1. The molecule has 2 fully saturated rings. The van der Waals surface area contributed by atoms with Gasteiger partial charge in [-0.15, -0.1) is 0 Å². The van der Waals surface area contributed by atoms with Crippen LogP contribution in [0.2, 0.25) is 0 Å². The molecule has 1 saturated heterocycles. The van der Waals surface area contributed by atoms with Gasteiger partial charge in [0.05, 0.1) is 0 Å². The van der Waals surface area contributed by atoms with Crippen LogP contribution in [-0.4, -0.2) is 47.0 Å². The molecular formula is C24H32N4O. The summed E-state index contributed by atoms with van der Waals surface area (Å²) in [4.78, 5) is 26.6. The summed E-state index contributed by atoms with van der Waals surface area (Å²) in [6.45, 7) is 9.57. The third-order valence-electron chi connectivity index (χ3n) is 6.33. The minimum absolute atomic E-state index is 0.284. The van der Waals surface area contributed by atoms with E-state index >= 15 is 0 Å². The van der Waals surface area contributed by atoms with Gasteiger partial charge in [0.25, 0.3) is 0 Å². The quantitative estimate of drug-likeness (QED) is 0.779. The lowest BCUT2D eigenvalue weighted by atomic mass is 9.84. The zero-order valence-electron chi connectivity index (χ0n) is 17.9. The summed E-state index contributed by atoms with van der Waals surface area (Å²) in [6, 6.07) is 8.69. The molecule has 2 aliphatic rings. The Morgan fingerprint density at radius 1 is 1.10 bits per heavy atom. The number of aryl methyl sites for hydroxylation is 3. The van der Waals surface area contributed by atoms with Gasteiger partial charge < -0.3 is 9.80 Å². The Labute approximate surface area is 174 Å². The summed E-state index contributed by atoms with van der Waals surface area (Å²) in [5.41, 5.74) is 4.95. The number of aromatic nitrogens is 2. The molecule has 2 aromatic rings. The number of hydrogen-bond acceptors (Lipinski definition) is 4. The lowest BCUT2D eigenvalue weighted by Gasteiger charge is -2.39. The monoisotopic (exact) mass is 392 g/mol. The summed E-state index contributed by atoms with van der Waals surface area (Å²) in [5.74, 6) is 2.54. The van der Waals surface area contributed by atoms with Gasteiger partial charge in [0.1, 0.15) is 11.6 Å². The Hall–Kier alpha value is -2.43. The molecule has 1 aliphatic carbocycles. The predicted octanol–water partition coefficient (Wildman–Crippen LogP) is 3.70. The molecule has 2 heterocycles. The molecular weight excluding hydrogens is 360 g/mol. The molecule has 29 heavy (non-hydrogen) atoms. The van der Waals surface area contributed by atoms with E-state index in [1.807, 2.05) is 6.92 Å². The average Bonchev–Trinajstić information content (AvgIpc) is 2.68. The van der Waals surface area contributed by atoms with Crippen molar-refractivity contribution >= 4 is 11.7 Å². The van der Waals surface area contributed by atoms with Crippen molar-refractivity contribution in [2.45, 2.75) is 52.9 Å². The number of hydrogen-bond donors (Lipinski definition) is 0. The van der Waals surface area contributed by atoms with Crippen molar-refractivity contribution in [3.63, 3.8) is 0 Å². The Balaban J connectivity index is 1.56. The van der Waals surface area contributed by atoms with E-state index in [0.717, 1.165) is 69.2 Å². The van der Waals surface area contributed by atoms with E-state index < -0.39 is 0 Å². The van der Waals surface area contributed by atoms with Crippen molar-refractivity contribution in [2.24, 2.45) is 5.92 Å². The van der Waals surface area contributed by atoms with E-state index in [9.17, 15) is 4.79 Å². The van der Waals surface area contributed by atoms with Gasteiger partial charge >= 0.3 is 0 Å². The first kappa shape index (κ1) is 19.9. The van der Waals surface area contributed by atoms with E-state index in [2.05, 4.69) is 47.9 Å². The maximum absolute atomic E-state index is 12.6. The average molecular weight is 393 g/mol. The van der Waals surface area contributed by atoms with Gasteiger partial charge in [-0.05, 0) is 38.7 Å².